The molecule has 96 valence electrons. The summed E-state index contributed by atoms with van der Waals surface area (Å²) >= 11 is 3.46. The molecule has 2 nitrogen and oxygen atoms in total. The van der Waals surface area contributed by atoms with Crippen LogP contribution < -0.4 is 5.73 Å². The minimum absolute atomic E-state index is 0.102. The van der Waals surface area contributed by atoms with Crippen LogP contribution in [0.1, 0.15) is 44.6 Å². The van der Waals surface area contributed by atoms with Crippen LogP contribution in [0.25, 0.3) is 0 Å². The Morgan fingerprint density at radius 3 is 2.71 bits per heavy atom. The van der Waals surface area contributed by atoms with Crippen LogP contribution >= 0.6 is 15.9 Å². The fourth-order valence-corrected chi connectivity index (χ4v) is 2.43. The van der Waals surface area contributed by atoms with E-state index in [1.165, 1.54) is 5.56 Å². The number of aliphatic hydroxyl groups is 1. The summed E-state index contributed by atoms with van der Waals surface area (Å²) in [7, 11) is 0. The molecule has 0 aliphatic heterocycles. The average molecular weight is 300 g/mol. The topological polar surface area (TPSA) is 46.2 Å². The lowest BCUT2D eigenvalue weighted by atomic mass is 9.91. The highest BCUT2D eigenvalue weighted by Gasteiger charge is 2.18. The first-order chi connectivity index (χ1) is 8.04. The van der Waals surface area contributed by atoms with Gasteiger partial charge in [-0.2, -0.15) is 0 Å². The zero-order chi connectivity index (χ0) is 12.8. The summed E-state index contributed by atoms with van der Waals surface area (Å²) in [6, 6.07) is 8.12. The van der Waals surface area contributed by atoms with Crippen molar-refractivity contribution in [1.82, 2.24) is 0 Å². The van der Waals surface area contributed by atoms with E-state index < -0.39 is 6.10 Å². The SMILES string of the molecule is CCCC(N)C(O)CC(C)c1cccc(Br)c1. The molecule has 17 heavy (non-hydrogen) atoms. The van der Waals surface area contributed by atoms with Gasteiger partial charge in [-0.25, -0.2) is 0 Å². The highest BCUT2D eigenvalue weighted by Crippen LogP contribution is 2.24. The Morgan fingerprint density at radius 1 is 1.41 bits per heavy atom. The van der Waals surface area contributed by atoms with E-state index in [2.05, 4.69) is 41.9 Å². The molecule has 1 rings (SSSR count). The largest absolute Gasteiger partial charge is 0.391 e. The van der Waals surface area contributed by atoms with Crippen molar-refractivity contribution in [3.05, 3.63) is 34.3 Å². The molecule has 0 radical (unpaired) electrons. The van der Waals surface area contributed by atoms with E-state index in [1.54, 1.807) is 0 Å². The monoisotopic (exact) mass is 299 g/mol. The number of nitrogens with two attached hydrogens (primary N) is 1. The summed E-state index contributed by atoms with van der Waals surface area (Å²) in [5, 5.41) is 10.0. The number of rotatable bonds is 6. The van der Waals surface area contributed by atoms with E-state index in [0.717, 1.165) is 23.7 Å². The van der Waals surface area contributed by atoms with E-state index >= 15 is 0 Å². The van der Waals surface area contributed by atoms with E-state index in [9.17, 15) is 5.11 Å². The minimum atomic E-state index is -0.413. The van der Waals surface area contributed by atoms with Gasteiger partial charge in [-0.3, -0.25) is 0 Å². The first-order valence-electron chi connectivity index (χ1n) is 6.23. The summed E-state index contributed by atoms with van der Waals surface area (Å²) in [6.45, 7) is 4.22. The molecule has 0 saturated heterocycles. The van der Waals surface area contributed by atoms with Crippen LogP contribution in [0.3, 0.4) is 0 Å². The summed E-state index contributed by atoms with van der Waals surface area (Å²) in [5.74, 6) is 0.324. The highest BCUT2D eigenvalue weighted by molar-refractivity contribution is 9.10. The van der Waals surface area contributed by atoms with E-state index in [-0.39, 0.29) is 6.04 Å². The molecule has 3 unspecified atom stereocenters. The zero-order valence-corrected chi connectivity index (χ0v) is 12.2. The number of hydrogen-bond donors (Lipinski definition) is 2. The zero-order valence-electron chi connectivity index (χ0n) is 10.6. The molecule has 1 aromatic rings. The lowest BCUT2D eigenvalue weighted by Crippen LogP contribution is -2.35. The van der Waals surface area contributed by atoms with Crippen molar-refractivity contribution in [2.75, 3.05) is 0 Å². The Morgan fingerprint density at radius 2 is 2.12 bits per heavy atom. The van der Waals surface area contributed by atoms with E-state index in [0.29, 0.717) is 5.92 Å². The van der Waals surface area contributed by atoms with E-state index in [4.69, 9.17) is 5.73 Å². The lowest BCUT2D eigenvalue weighted by Gasteiger charge is -2.22. The van der Waals surface area contributed by atoms with Crippen molar-refractivity contribution >= 4 is 15.9 Å². The molecule has 0 bridgehead atoms. The quantitative estimate of drug-likeness (QED) is 0.845. The summed E-state index contributed by atoms with van der Waals surface area (Å²) in [4.78, 5) is 0. The maximum atomic E-state index is 10.0. The van der Waals surface area contributed by atoms with Crippen molar-refractivity contribution < 1.29 is 5.11 Å². The van der Waals surface area contributed by atoms with Crippen molar-refractivity contribution in [3.63, 3.8) is 0 Å². The molecule has 0 aliphatic carbocycles. The van der Waals surface area contributed by atoms with Gasteiger partial charge in [0, 0.05) is 10.5 Å². The first-order valence-corrected chi connectivity index (χ1v) is 7.03. The van der Waals surface area contributed by atoms with Gasteiger partial charge in [0.1, 0.15) is 0 Å². The van der Waals surface area contributed by atoms with Crippen molar-refractivity contribution in [1.29, 1.82) is 0 Å². The third-order valence-electron chi connectivity index (χ3n) is 3.13. The van der Waals surface area contributed by atoms with Crippen LogP contribution in [0.2, 0.25) is 0 Å². The van der Waals surface area contributed by atoms with Gasteiger partial charge in [0.05, 0.1) is 6.10 Å². The van der Waals surface area contributed by atoms with Gasteiger partial charge < -0.3 is 10.8 Å². The number of aliphatic hydroxyl groups excluding tert-OH is 1. The van der Waals surface area contributed by atoms with Crippen LogP contribution in [0, 0.1) is 0 Å². The average Bonchev–Trinajstić information content (AvgIpc) is 2.29. The third kappa shape index (κ3) is 4.78. The van der Waals surface area contributed by atoms with E-state index in [1.807, 2.05) is 12.1 Å². The predicted octanol–water partition coefficient (Wildman–Crippen LogP) is 3.43. The molecule has 0 heterocycles. The molecule has 1 aromatic carbocycles. The molecular weight excluding hydrogens is 278 g/mol. The van der Waals surface area contributed by atoms with Crippen LogP contribution in [-0.2, 0) is 0 Å². The molecule has 0 aromatic heterocycles. The second-order valence-electron chi connectivity index (χ2n) is 4.71. The number of halogens is 1. The maximum absolute atomic E-state index is 10.0. The van der Waals surface area contributed by atoms with Crippen LogP contribution in [0.4, 0.5) is 0 Å². The van der Waals surface area contributed by atoms with Gasteiger partial charge in [0.15, 0.2) is 0 Å². The molecule has 0 spiro atoms. The Hall–Kier alpha value is -0.380. The molecule has 3 heteroatoms. The van der Waals surface area contributed by atoms with Gasteiger partial charge in [0.25, 0.3) is 0 Å². The van der Waals surface area contributed by atoms with Gasteiger partial charge >= 0.3 is 0 Å². The Balaban J connectivity index is 2.56. The minimum Gasteiger partial charge on any atom is -0.391 e. The Kier molecular flexibility index (Phi) is 6.17. The fraction of sp³-hybridized carbons (Fsp3) is 0.571. The first kappa shape index (κ1) is 14.7. The van der Waals surface area contributed by atoms with Crippen molar-refractivity contribution in [3.8, 4) is 0 Å². The smallest absolute Gasteiger partial charge is 0.0696 e. The second-order valence-corrected chi connectivity index (χ2v) is 5.63. The van der Waals surface area contributed by atoms with Gasteiger partial charge in [-0.15, -0.1) is 0 Å². The normalized spacial score (nSPS) is 16.5. The third-order valence-corrected chi connectivity index (χ3v) is 3.62. The number of hydrogen-bond acceptors (Lipinski definition) is 2. The van der Waals surface area contributed by atoms with Crippen molar-refractivity contribution in [2.24, 2.45) is 5.73 Å². The van der Waals surface area contributed by atoms with Crippen molar-refractivity contribution in [2.45, 2.75) is 51.2 Å². The summed E-state index contributed by atoms with van der Waals surface area (Å²) in [6.07, 6.45) is 2.21. The Labute approximate surface area is 112 Å². The Bertz CT molecular complexity index is 343. The number of benzene rings is 1. The second kappa shape index (κ2) is 7.14. The summed E-state index contributed by atoms with van der Waals surface area (Å²) in [5.41, 5.74) is 7.16. The molecule has 3 N–H and O–H groups in total. The molecule has 0 aliphatic rings. The molecule has 3 atom stereocenters. The van der Waals surface area contributed by atoms with Crippen LogP contribution in [0.5, 0.6) is 0 Å². The van der Waals surface area contributed by atoms with Gasteiger partial charge in [-0.05, 0) is 36.5 Å². The highest BCUT2D eigenvalue weighted by atomic mass is 79.9. The van der Waals surface area contributed by atoms with Crippen LogP contribution in [0.15, 0.2) is 28.7 Å². The lowest BCUT2D eigenvalue weighted by molar-refractivity contribution is 0.124. The summed E-state index contributed by atoms with van der Waals surface area (Å²) < 4.78 is 1.08. The van der Waals surface area contributed by atoms with Gasteiger partial charge in [-0.1, -0.05) is 48.3 Å². The standard InChI is InChI=1S/C14H22BrNO/c1-3-5-13(16)14(17)8-10(2)11-6-4-7-12(15)9-11/h4,6-7,9-10,13-14,17H,3,5,8,16H2,1-2H3. The molecular formula is C14H22BrNO. The predicted molar refractivity (Wildman–Crippen MR) is 76.1 cm³/mol. The maximum Gasteiger partial charge on any atom is 0.0696 e. The molecule has 0 amide bonds. The van der Waals surface area contributed by atoms with Crippen LogP contribution in [-0.4, -0.2) is 17.3 Å². The molecule has 0 saturated carbocycles. The molecule has 0 fully saturated rings. The van der Waals surface area contributed by atoms with Gasteiger partial charge in [0.2, 0.25) is 0 Å². The fourth-order valence-electron chi connectivity index (χ4n) is 2.01.